The Balaban J connectivity index is 1.99. The van der Waals surface area contributed by atoms with Crippen LogP contribution in [0.3, 0.4) is 0 Å². The van der Waals surface area contributed by atoms with E-state index in [0.29, 0.717) is 25.4 Å². The van der Waals surface area contributed by atoms with Gasteiger partial charge in [-0.25, -0.2) is 9.97 Å². The Labute approximate surface area is 88.3 Å². The lowest BCUT2D eigenvalue weighted by atomic mass is 10.1. The molecule has 15 heavy (non-hydrogen) atoms. The normalized spacial score (nSPS) is 21.0. The lowest BCUT2D eigenvalue weighted by molar-refractivity contribution is -0.128. The largest absolute Gasteiger partial charge is 0.336 e. The van der Waals surface area contributed by atoms with Crippen molar-refractivity contribution < 1.29 is 4.79 Å². The zero-order valence-corrected chi connectivity index (χ0v) is 8.47. The van der Waals surface area contributed by atoms with Crippen LogP contribution in [0.25, 0.3) is 0 Å². The van der Waals surface area contributed by atoms with Gasteiger partial charge in [0.1, 0.15) is 6.33 Å². The van der Waals surface area contributed by atoms with Gasteiger partial charge in [-0.2, -0.15) is 0 Å². The van der Waals surface area contributed by atoms with Crippen LogP contribution in [0.4, 0.5) is 0 Å². The maximum absolute atomic E-state index is 11.6. The van der Waals surface area contributed by atoms with E-state index in [0.717, 1.165) is 12.2 Å². The second-order valence-corrected chi connectivity index (χ2v) is 3.78. The fourth-order valence-electron chi connectivity index (χ4n) is 1.77. The van der Waals surface area contributed by atoms with Crippen LogP contribution >= 0.6 is 0 Å². The molecule has 1 aromatic heterocycles. The predicted molar refractivity (Wildman–Crippen MR) is 54.6 cm³/mol. The average molecular weight is 206 g/mol. The van der Waals surface area contributed by atoms with Crippen molar-refractivity contribution in [3.05, 3.63) is 24.3 Å². The van der Waals surface area contributed by atoms with Gasteiger partial charge in [-0.15, -0.1) is 0 Å². The molecule has 0 saturated carbocycles. The molecule has 1 aliphatic heterocycles. The lowest BCUT2D eigenvalue weighted by Crippen LogP contribution is -2.26. The molecule has 0 aliphatic carbocycles. The Morgan fingerprint density at radius 1 is 1.60 bits per heavy atom. The van der Waals surface area contributed by atoms with Crippen molar-refractivity contribution >= 4 is 5.91 Å². The number of hydrogen-bond donors (Lipinski definition) is 1. The van der Waals surface area contributed by atoms with E-state index in [-0.39, 0.29) is 5.91 Å². The number of rotatable bonds is 3. The second-order valence-electron chi connectivity index (χ2n) is 3.78. The summed E-state index contributed by atoms with van der Waals surface area (Å²) in [5.74, 6) is 0.475. The predicted octanol–water partition coefficient (Wildman–Crippen LogP) is -0.216. The quantitative estimate of drug-likeness (QED) is 0.742. The van der Waals surface area contributed by atoms with E-state index < -0.39 is 0 Å². The molecule has 1 unspecified atom stereocenters. The summed E-state index contributed by atoms with van der Waals surface area (Å²) in [6.45, 7) is 1.89. The van der Waals surface area contributed by atoms with E-state index in [2.05, 4.69) is 9.97 Å². The molecule has 80 valence electrons. The third kappa shape index (κ3) is 2.30. The van der Waals surface area contributed by atoms with E-state index in [9.17, 15) is 4.79 Å². The summed E-state index contributed by atoms with van der Waals surface area (Å²) < 4.78 is 0. The minimum absolute atomic E-state index is 0.170. The van der Waals surface area contributed by atoms with Gasteiger partial charge in [0.25, 0.3) is 0 Å². The molecule has 1 saturated heterocycles. The summed E-state index contributed by atoms with van der Waals surface area (Å²) in [5.41, 5.74) is 6.42. The van der Waals surface area contributed by atoms with E-state index in [1.165, 1.54) is 6.33 Å². The number of hydrogen-bond acceptors (Lipinski definition) is 4. The zero-order valence-electron chi connectivity index (χ0n) is 8.47. The first-order valence-corrected chi connectivity index (χ1v) is 5.02. The van der Waals surface area contributed by atoms with Crippen LogP contribution in [0.1, 0.15) is 12.1 Å². The SMILES string of the molecule is NCC1CC(=O)N(Cc2ccncn2)C1. The number of amides is 1. The summed E-state index contributed by atoms with van der Waals surface area (Å²) in [5, 5.41) is 0. The van der Waals surface area contributed by atoms with Crippen molar-refractivity contribution in [3.8, 4) is 0 Å². The second kappa shape index (κ2) is 4.35. The molecule has 2 rings (SSSR count). The van der Waals surface area contributed by atoms with Crippen molar-refractivity contribution in [2.45, 2.75) is 13.0 Å². The van der Waals surface area contributed by atoms with Gasteiger partial charge in [-0.1, -0.05) is 0 Å². The number of nitrogens with zero attached hydrogens (tertiary/aromatic N) is 3. The van der Waals surface area contributed by atoms with Crippen LogP contribution in [-0.2, 0) is 11.3 Å². The molecular weight excluding hydrogens is 192 g/mol. The summed E-state index contributed by atoms with van der Waals surface area (Å²) in [6, 6.07) is 1.82. The molecule has 0 radical (unpaired) electrons. The van der Waals surface area contributed by atoms with Crippen molar-refractivity contribution in [2.24, 2.45) is 11.7 Å². The summed E-state index contributed by atoms with van der Waals surface area (Å²) in [6.07, 6.45) is 3.75. The lowest BCUT2D eigenvalue weighted by Gasteiger charge is -2.15. The van der Waals surface area contributed by atoms with Crippen LogP contribution in [0, 0.1) is 5.92 Å². The zero-order chi connectivity index (χ0) is 10.7. The molecule has 5 nitrogen and oxygen atoms in total. The number of carbonyl (C=O) groups is 1. The highest BCUT2D eigenvalue weighted by Gasteiger charge is 2.28. The van der Waals surface area contributed by atoms with Gasteiger partial charge in [-0.05, 0) is 18.5 Å². The minimum Gasteiger partial charge on any atom is -0.336 e. The molecule has 1 aliphatic rings. The maximum atomic E-state index is 11.6. The molecule has 1 amide bonds. The highest BCUT2D eigenvalue weighted by molar-refractivity contribution is 5.78. The van der Waals surface area contributed by atoms with Crippen LogP contribution in [0.5, 0.6) is 0 Å². The fourth-order valence-corrected chi connectivity index (χ4v) is 1.77. The van der Waals surface area contributed by atoms with Crippen molar-refractivity contribution in [1.29, 1.82) is 0 Å². The molecule has 1 fully saturated rings. The van der Waals surface area contributed by atoms with Crippen LogP contribution < -0.4 is 5.73 Å². The van der Waals surface area contributed by atoms with Crippen LogP contribution in [0.15, 0.2) is 18.6 Å². The van der Waals surface area contributed by atoms with Gasteiger partial charge in [0.2, 0.25) is 5.91 Å². The maximum Gasteiger partial charge on any atom is 0.223 e. The molecule has 1 aromatic rings. The van der Waals surface area contributed by atoms with E-state index in [4.69, 9.17) is 5.73 Å². The van der Waals surface area contributed by atoms with Crippen molar-refractivity contribution in [2.75, 3.05) is 13.1 Å². The molecule has 2 N–H and O–H groups in total. The number of carbonyl (C=O) groups excluding carboxylic acids is 1. The Hall–Kier alpha value is -1.49. The number of aromatic nitrogens is 2. The Morgan fingerprint density at radius 3 is 3.07 bits per heavy atom. The third-order valence-corrected chi connectivity index (χ3v) is 2.62. The van der Waals surface area contributed by atoms with Gasteiger partial charge in [0.15, 0.2) is 0 Å². The van der Waals surface area contributed by atoms with Gasteiger partial charge in [0, 0.05) is 19.2 Å². The Bertz CT molecular complexity index is 341. The smallest absolute Gasteiger partial charge is 0.223 e. The Morgan fingerprint density at radius 2 is 2.47 bits per heavy atom. The first kappa shape index (κ1) is 10.0. The first-order chi connectivity index (χ1) is 7.29. The molecule has 5 heteroatoms. The number of likely N-dealkylation sites (tertiary alicyclic amines) is 1. The van der Waals surface area contributed by atoms with E-state index in [1.54, 1.807) is 11.1 Å². The standard InChI is InChI=1S/C10H14N4O/c11-4-8-3-10(15)14(5-8)6-9-1-2-12-7-13-9/h1-2,7-8H,3-6,11H2. The molecular formula is C10H14N4O. The summed E-state index contributed by atoms with van der Waals surface area (Å²) >= 11 is 0. The molecule has 1 atom stereocenters. The van der Waals surface area contributed by atoms with Gasteiger partial charge < -0.3 is 10.6 Å². The van der Waals surface area contributed by atoms with E-state index in [1.807, 2.05) is 6.07 Å². The van der Waals surface area contributed by atoms with Crippen molar-refractivity contribution in [1.82, 2.24) is 14.9 Å². The average Bonchev–Trinajstić information content (AvgIpc) is 2.61. The van der Waals surface area contributed by atoms with Crippen LogP contribution in [-0.4, -0.2) is 33.9 Å². The first-order valence-electron chi connectivity index (χ1n) is 5.02. The summed E-state index contributed by atoms with van der Waals surface area (Å²) in [4.78, 5) is 21.3. The van der Waals surface area contributed by atoms with Gasteiger partial charge in [0.05, 0.1) is 12.2 Å². The van der Waals surface area contributed by atoms with E-state index >= 15 is 0 Å². The fraction of sp³-hybridized carbons (Fsp3) is 0.500. The topological polar surface area (TPSA) is 72.1 Å². The molecule has 0 spiro atoms. The Kier molecular flexibility index (Phi) is 2.91. The number of nitrogens with two attached hydrogens (primary N) is 1. The molecule has 0 aromatic carbocycles. The monoisotopic (exact) mass is 206 g/mol. The molecule has 0 bridgehead atoms. The van der Waals surface area contributed by atoms with Crippen molar-refractivity contribution in [3.63, 3.8) is 0 Å². The third-order valence-electron chi connectivity index (χ3n) is 2.62. The highest BCUT2D eigenvalue weighted by Crippen LogP contribution is 2.18. The van der Waals surface area contributed by atoms with Crippen LogP contribution in [0.2, 0.25) is 0 Å². The minimum atomic E-state index is 0.170. The molecule has 2 heterocycles. The van der Waals surface area contributed by atoms with Gasteiger partial charge >= 0.3 is 0 Å². The summed E-state index contributed by atoms with van der Waals surface area (Å²) in [7, 11) is 0. The highest BCUT2D eigenvalue weighted by atomic mass is 16.2. The van der Waals surface area contributed by atoms with Gasteiger partial charge in [-0.3, -0.25) is 4.79 Å².